The van der Waals surface area contributed by atoms with Gasteiger partial charge in [-0.1, -0.05) is 0 Å². The zero-order valence-corrected chi connectivity index (χ0v) is 6.26. The third-order valence-corrected chi connectivity index (χ3v) is 2.14. The summed E-state index contributed by atoms with van der Waals surface area (Å²) in [6, 6.07) is 0. The van der Waals surface area contributed by atoms with E-state index in [9.17, 15) is 9.36 Å². The van der Waals surface area contributed by atoms with Crippen molar-refractivity contribution in [2.75, 3.05) is 7.05 Å². The second kappa shape index (κ2) is 2.47. The lowest BCUT2D eigenvalue weighted by Gasteiger charge is -2.17. The van der Waals surface area contributed by atoms with Crippen LogP contribution in [0.4, 0.5) is 0 Å². The number of rotatable bonds is 1. The Morgan fingerprint density at radius 1 is 1.56 bits per heavy atom. The number of nitrogens with two attached hydrogens (primary N) is 2. The number of carbonyl (C=O) groups is 1. The monoisotopic (exact) mass is 151 g/mol. The molecule has 0 aromatic carbocycles. The van der Waals surface area contributed by atoms with Crippen LogP contribution in [0.3, 0.4) is 0 Å². The molecule has 0 heterocycles. The molecule has 0 aromatic heterocycles. The molecule has 0 rings (SSSR count). The molecular formula is C3H10N3O2P. The molecule has 0 aromatic rings. The van der Waals surface area contributed by atoms with E-state index in [-0.39, 0.29) is 0 Å². The van der Waals surface area contributed by atoms with Gasteiger partial charge in [0.1, 0.15) is 0 Å². The lowest BCUT2D eigenvalue weighted by atomic mass is 10.7. The van der Waals surface area contributed by atoms with Gasteiger partial charge in [-0.05, 0) is 0 Å². The molecule has 54 valence electrons. The van der Waals surface area contributed by atoms with Gasteiger partial charge in [0, 0.05) is 14.0 Å². The maximum Gasteiger partial charge on any atom is 0.302 e. The molecule has 0 radical (unpaired) electrons. The Balaban J connectivity index is 4.23. The lowest BCUT2D eigenvalue weighted by molar-refractivity contribution is -0.123. The molecule has 0 aliphatic carbocycles. The summed E-state index contributed by atoms with van der Waals surface area (Å²) in [5.41, 5.74) is 9.84. The Bertz CT molecular complexity index is 162. The zero-order chi connectivity index (χ0) is 7.65. The minimum absolute atomic E-state index is 0.400. The SMILES string of the molecule is CC(=O)N(C)P(N)(N)=O. The first-order valence-corrected chi connectivity index (χ1v) is 4.07. The van der Waals surface area contributed by atoms with Crippen LogP contribution in [0, 0.1) is 0 Å². The van der Waals surface area contributed by atoms with Gasteiger partial charge in [0.25, 0.3) is 0 Å². The molecule has 0 spiro atoms. The van der Waals surface area contributed by atoms with Crippen LogP contribution < -0.4 is 11.0 Å². The van der Waals surface area contributed by atoms with Crippen LogP contribution in [0.15, 0.2) is 0 Å². The van der Waals surface area contributed by atoms with Gasteiger partial charge < -0.3 is 0 Å². The van der Waals surface area contributed by atoms with Crippen molar-refractivity contribution in [1.82, 2.24) is 4.67 Å². The van der Waals surface area contributed by atoms with Gasteiger partial charge in [-0.15, -0.1) is 0 Å². The smallest absolute Gasteiger partial charge is 0.275 e. The van der Waals surface area contributed by atoms with E-state index in [1.54, 1.807) is 0 Å². The van der Waals surface area contributed by atoms with Crippen LogP contribution in [0.2, 0.25) is 0 Å². The number of hydrogen-bond acceptors (Lipinski definition) is 2. The zero-order valence-electron chi connectivity index (χ0n) is 5.37. The molecule has 0 saturated heterocycles. The van der Waals surface area contributed by atoms with E-state index in [4.69, 9.17) is 11.0 Å². The quantitative estimate of drug-likeness (QED) is 0.494. The fourth-order valence-electron chi connectivity index (χ4n) is 0.220. The largest absolute Gasteiger partial charge is 0.302 e. The lowest BCUT2D eigenvalue weighted by Crippen LogP contribution is -2.28. The van der Waals surface area contributed by atoms with Gasteiger partial charge in [0.2, 0.25) is 5.91 Å². The van der Waals surface area contributed by atoms with Gasteiger partial charge in [0.05, 0.1) is 0 Å². The fraction of sp³-hybridized carbons (Fsp3) is 0.667. The van der Waals surface area contributed by atoms with Crippen LogP contribution in [0.25, 0.3) is 0 Å². The van der Waals surface area contributed by atoms with Crippen molar-refractivity contribution < 1.29 is 9.36 Å². The van der Waals surface area contributed by atoms with Crippen LogP contribution in [-0.4, -0.2) is 17.6 Å². The second-order valence-electron chi connectivity index (χ2n) is 1.72. The van der Waals surface area contributed by atoms with E-state index in [0.717, 1.165) is 4.67 Å². The van der Waals surface area contributed by atoms with Gasteiger partial charge in [0.15, 0.2) is 0 Å². The molecular weight excluding hydrogens is 141 g/mol. The minimum atomic E-state index is -3.33. The summed E-state index contributed by atoms with van der Waals surface area (Å²) < 4.78 is 11.4. The number of hydrogen-bond donors (Lipinski definition) is 2. The average molecular weight is 151 g/mol. The van der Waals surface area contributed by atoms with Crippen LogP contribution in [0.5, 0.6) is 0 Å². The first-order valence-electron chi connectivity index (χ1n) is 2.27. The van der Waals surface area contributed by atoms with E-state index < -0.39 is 13.5 Å². The summed E-state index contributed by atoms with van der Waals surface area (Å²) in [5.74, 6) is -0.400. The first-order chi connectivity index (χ1) is 3.85. The highest BCUT2D eigenvalue weighted by atomic mass is 31.2. The Labute approximate surface area is 53.5 Å². The van der Waals surface area contributed by atoms with Gasteiger partial charge in [-0.25, -0.2) is 0 Å². The van der Waals surface area contributed by atoms with E-state index in [1.807, 2.05) is 0 Å². The van der Waals surface area contributed by atoms with E-state index in [2.05, 4.69) is 0 Å². The van der Waals surface area contributed by atoms with E-state index in [0.29, 0.717) is 0 Å². The van der Waals surface area contributed by atoms with Crippen LogP contribution in [-0.2, 0) is 9.36 Å². The van der Waals surface area contributed by atoms with Crippen LogP contribution in [0.1, 0.15) is 6.92 Å². The fourth-order valence-corrected chi connectivity index (χ4v) is 0.660. The van der Waals surface area contributed by atoms with Crippen molar-refractivity contribution in [1.29, 1.82) is 0 Å². The Kier molecular flexibility index (Phi) is 2.37. The molecule has 0 aliphatic heterocycles. The summed E-state index contributed by atoms with van der Waals surface area (Å²) in [5, 5.41) is 0. The summed E-state index contributed by atoms with van der Waals surface area (Å²) in [6.45, 7) is 1.24. The highest BCUT2D eigenvalue weighted by Gasteiger charge is 2.17. The summed E-state index contributed by atoms with van der Waals surface area (Å²) >= 11 is 0. The molecule has 0 fully saturated rings. The van der Waals surface area contributed by atoms with Crippen LogP contribution >= 0.6 is 7.59 Å². The van der Waals surface area contributed by atoms with Crippen molar-refractivity contribution in [3.63, 3.8) is 0 Å². The average Bonchev–Trinajstić information content (AvgIpc) is 1.62. The Morgan fingerprint density at radius 2 is 1.89 bits per heavy atom. The Hall–Kier alpha value is -0.380. The topological polar surface area (TPSA) is 89.4 Å². The van der Waals surface area contributed by atoms with E-state index in [1.165, 1.54) is 14.0 Å². The molecule has 0 bridgehead atoms. The van der Waals surface area contributed by atoms with Gasteiger partial charge in [-0.2, -0.15) is 0 Å². The van der Waals surface area contributed by atoms with Crippen molar-refractivity contribution in [2.45, 2.75) is 6.92 Å². The van der Waals surface area contributed by atoms with E-state index >= 15 is 0 Å². The predicted octanol–water partition coefficient (Wildman–Crippen LogP) is -0.510. The molecule has 6 heteroatoms. The van der Waals surface area contributed by atoms with Crippen molar-refractivity contribution >= 4 is 13.5 Å². The minimum Gasteiger partial charge on any atom is -0.275 e. The summed E-state index contributed by atoms with van der Waals surface area (Å²) in [7, 11) is -2.03. The molecule has 0 aliphatic rings. The molecule has 1 amide bonds. The maximum atomic E-state index is 10.6. The van der Waals surface area contributed by atoms with Crippen molar-refractivity contribution in [3.8, 4) is 0 Å². The van der Waals surface area contributed by atoms with Gasteiger partial charge in [-0.3, -0.25) is 25.0 Å². The number of nitrogens with zero attached hydrogens (tertiary/aromatic N) is 1. The molecule has 0 atom stereocenters. The predicted molar refractivity (Wildman–Crippen MR) is 34.4 cm³/mol. The summed E-state index contributed by atoms with van der Waals surface area (Å²) in [6.07, 6.45) is 0. The van der Waals surface area contributed by atoms with Crippen molar-refractivity contribution in [2.24, 2.45) is 11.0 Å². The molecule has 4 N–H and O–H groups in total. The third kappa shape index (κ3) is 2.60. The number of amides is 1. The second-order valence-corrected chi connectivity index (χ2v) is 3.66. The summed E-state index contributed by atoms with van der Waals surface area (Å²) in [4.78, 5) is 10.4. The highest BCUT2D eigenvalue weighted by Crippen LogP contribution is 2.28. The third-order valence-electron chi connectivity index (χ3n) is 0.925. The number of carbonyl (C=O) groups excluding carboxylic acids is 1. The maximum absolute atomic E-state index is 10.6. The van der Waals surface area contributed by atoms with Gasteiger partial charge >= 0.3 is 7.59 Å². The normalized spacial score (nSPS) is 11.1. The molecule has 9 heavy (non-hydrogen) atoms. The first kappa shape index (κ1) is 8.62. The molecule has 0 saturated carbocycles. The molecule has 5 nitrogen and oxygen atoms in total. The Morgan fingerprint density at radius 3 is 1.89 bits per heavy atom. The standard InChI is InChI=1S/C3H10N3O2P/c1-3(7)6(2)9(4,5)8/h1-2H3,(H4,4,5,8). The highest BCUT2D eigenvalue weighted by molar-refractivity contribution is 7.57. The molecule has 0 unspecified atom stereocenters. The van der Waals surface area contributed by atoms with Crippen molar-refractivity contribution in [3.05, 3.63) is 0 Å².